The first-order chi connectivity index (χ1) is 17.0. The number of rotatable bonds is 8. The van der Waals surface area contributed by atoms with Crippen LogP contribution in [0.3, 0.4) is 0 Å². The van der Waals surface area contributed by atoms with Crippen molar-refractivity contribution in [3.05, 3.63) is 59.7 Å². The zero-order valence-electron chi connectivity index (χ0n) is 19.8. The van der Waals surface area contributed by atoms with Crippen molar-refractivity contribution in [2.75, 3.05) is 19.7 Å². The molecule has 7 heteroatoms. The highest BCUT2D eigenvalue weighted by atomic mass is 16.5. The van der Waals surface area contributed by atoms with Gasteiger partial charge in [0.25, 0.3) is 0 Å². The maximum Gasteiger partial charge on any atom is 0.407 e. The molecular formula is C28H32N2O5. The summed E-state index contributed by atoms with van der Waals surface area (Å²) in [6.45, 7) is 0.836. The fraction of sp³-hybridized carbons (Fsp3) is 0.464. The van der Waals surface area contributed by atoms with E-state index in [-0.39, 0.29) is 36.8 Å². The lowest BCUT2D eigenvalue weighted by Gasteiger charge is -2.35. The lowest BCUT2D eigenvalue weighted by atomic mass is 9.73. The molecule has 0 radical (unpaired) electrons. The number of nitrogens with one attached hydrogen (secondary N) is 2. The van der Waals surface area contributed by atoms with Crippen molar-refractivity contribution < 1.29 is 24.2 Å². The van der Waals surface area contributed by atoms with Crippen LogP contribution in [0.4, 0.5) is 4.79 Å². The normalized spacial score (nSPS) is 21.9. The molecule has 3 aliphatic rings. The van der Waals surface area contributed by atoms with Gasteiger partial charge in [0.15, 0.2) is 0 Å². The summed E-state index contributed by atoms with van der Waals surface area (Å²) in [7, 11) is 0. The maximum atomic E-state index is 13.1. The molecule has 184 valence electrons. The first kappa shape index (κ1) is 23.4. The molecule has 2 aromatic rings. The maximum absolute atomic E-state index is 13.1. The van der Waals surface area contributed by atoms with E-state index in [9.17, 15) is 14.4 Å². The van der Waals surface area contributed by atoms with Gasteiger partial charge in [-0.1, -0.05) is 67.8 Å². The van der Waals surface area contributed by atoms with Crippen LogP contribution in [-0.4, -0.2) is 42.8 Å². The number of alkyl carbamates (subject to hydrolysis) is 1. The van der Waals surface area contributed by atoms with E-state index in [0.717, 1.165) is 30.4 Å². The summed E-state index contributed by atoms with van der Waals surface area (Å²) in [5.74, 6) is -1.25. The first-order valence-corrected chi connectivity index (χ1v) is 12.6. The van der Waals surface area contributed by atoms with Crippen molar-refractivity contribution in [3.63, 3.8) is 0 Å². The molecule has 0 spiro atoms. The van der Waals surface area contributed by atoms with Gasteiger partial charge in [-0.3, -0.25) is 9.59 Å². The molecule has 5 rings (SSSR count). The highest BCUT2D eigenvalue weighted by Crippen LogP contribution is 2.44. The third-order valence-electron chi connectivity index (χ3n) is 7.97. The number of carboxylic acids is 1. The average Bonchev–Trinajstić information content (AvgIpc) is 3.61. The van der Waals surface area contributed by atoms with Gasteiger partial charge in [0.2, 0.25) is 5.91 Å². The second kappa shape index (κ2) is 9.72. The molecule has 2 aromatic carbocycles. The third-order valence-corrected chi connectivity index (χ3v) is 7.97. The molecule has 3 aliphatic carbocycles. The second-order valence-corrected chi connectivity index (χ2v) is 10.2. The van der Waals surface area contributed by atoms with Crippen molar-refractivity contribution in [2.24, 2.45) is 17.3 Å². The Hall–Kier alpha value is -3.35. The van der Waals surface area contributed by atoms with Crippen molar-refractivity contribution >= 4 is 18.0 Å². The van der Waals surface area contributed by atoms with Gasteiger partial charge in [-0.05, 0) is 47.4 Å². The summed E-state index contributed by atoms with van der Waals surface area (Å²) in [6, 6.07) is 16.4. The SMILES string of the molecule is O=C(NCC1(C(=O)NC[C@H]2C[C@H]2C(=O)O)CCCCC1)OCC1c2ccccc2-c2ccccc21. The van der Waals surface area contributed by atoms with Crippen LogP contribution in [0.25, 0.3) is 11.1 Å². The van der Waals surface area contributed by atoms with Crippen LogP contribution >= 0.6 is 0 Å². The number of benzene rings is 2. The molecule has 0 unspecified atom stereocenters. The predicted octanol–water partition coefficient (Wildman–Crippen LogP) is 4.31. The Morgan fingerprint density at radius 2 is 1.54 bits per heavy atom. The van der Waals surface area contributed by atoms with E-state index in [0.29, 0.717) is 25.8 Å². The number of carboxylic acid groups (broad SMARTS) is 1. The Bertz CT molecular complexity index is 1080. The largest absolute Gasteiger partial charge is 0.481 e. The minimum atomic E-state index is -0.798. The van der Waals surface area contributed by atoms with E-state index in [2.05, 4.69) is 34.9 Å². The molecule has 2 fully saturated rings. The molecule has 0 aromatic heterocycles. The molecule has 35 heavy (non-hydrogen) atoms. The number of ether oxygens (including phenoxy) is 1. The molecule has 3 N–H and O–H groups in total. The van der Waals surface area contributed by atoms with E-state index in [4.69, 9.17) is 9.84 Å². The van der Waals surface area contributed by atoms with Crippen LogP contribution in [0.5, 0.6) is 0 Å². The Balaban J connectivity index is 1.18. The summed E-state index contributed by atoms with van der Waals surface area (Å²) in [4.78, 5) is 36.9. The minimum absolute atomic E-state index is 0.00665. The van der Waals surface area contributed by atoms with Gasteiger partial charge in [-0.2, -0.15) is 0 Å². The monoisotopic (exact) mass is 476 g/mol. The van der Waals surface area contributed by atoms with Crippen LogP contribution in [0.15, 0.2) is 48.5 Å². The number of amides is 2. The van der Waals surface area contributed by atoms with E-state index >= 15 is 0 Å². The van der Waals surface area contributed by atoms with Crippen molar-refractivity contribution in [1.29, 1.82) is 0 Å². The fourth-order valence-corrected chi connectivity index (χ4v) is 5.79. The fourth-order valence-electron chi connectivity index (χ4n) is 5.79. The topological polar surface area (TPSA) is 105 Å². The van der Waals surface area contributed by atoms with Crippen molar-refractivity contribution in [1.82, 2.24) is 10.6 Å². The van der Waals surface area contributed by atoms with Crippen molar-refractivity contribution in [3.8, 4) is 11.1 Å². The van der Waals surface area contributed by atoms with Gasteiger partial charge in [0.1, 0.15) is 6.61 Å². The van der Waals surface area contributed by atoms with Gasteiger partial charge < -0.3 is 20.5 Å². The second-order valence-electron chi connectivity index (χ2n) is 10.2. The van der Waals surface area contributed by atoms with Crippen LogP contribution in [0.2, 0.25) is 0 Å². The van der Waals surface area contributed by atoms with Gasteiger partial charge in [-0.15, -0.1) is 0 Å². The van der Waals surface area contributed by atoms with Crippen LogP contribution in [-0.2, 0) is 14.3 Å². The van der Waals surface area contributed by atoms with Crippen LogP contribution in [0, 0.1) is 17.3 Å². The number of carbonyl (C=O) groups excluding carboxylic acids is 2. The molecular weight excluding hydrogens is 444 g/mol. The number of hydrogen-bond donors (Lipinski definition) is 3. The number of carbonyl (C=O) groups is 3. The summed E-state index contributed by atoms with van der Waals surface area (Å²) >= 11 is 0. The van der Waals surface area contributed by atoms with Gasteiger partial charge in [-0.25, -0.2) is 4.79 Å². The quantitative estimate of drug-likeness (QED) is 0.527. The highest BCUT2D eigenvalue weighted by molar-refractivity contribution is 5.84. The number of hydrogen-bond acceptors (Lipinski definition) is 4. The predicted molar refractivity (Wildman–Crippen MR) is 131 cm³/mol. The smallest absolute Gasteiger partial charge is 0.407 e. The van der Waals surface area contributed by atoms with E-state index < -0.39 is 17.5 Å². The summed E-state index contributed by atoms with van der Waals surface area (Å²) in [6.07, 6.45) is 4.44. The molecule has 7 nitrogen and oxygen atoms in total. The van der Waals surface area contributed by atoms with Gasteiger partial charge in [0.05, 0.1) is 11.3 Å². The molecule has 2 atom stereocenters. The van der Waals surface area contributed by atoms with Gasteiger partial charge >= 0.3 is 12.1 Å². The number of aliphatic carboxylic acids is 1. The van der Waals surface area contributed by atoms with E-state index in [1.165, 1.54) is 11.1 Å². The Labute approximate surface area is 205 Å². The highest BCUT2D eigenvalue weighted by Gasteiger charge is 2.45. The lowest BCUT2D eigenvalue weighted by Crippen LogP contribution is -2.50. The zero-order valence-corrected chi connectivity index (χ0v) is 19.8. The van der Waals surface area contributed by atoms with Crippen LogP contribution in [0.1, 0.15) is 55.6 Å². The summed E-state index contributed by atoms with van der Waals surface area (Å²) in [5.41, 5.74) is 4.00. The van der Waals surface area contributed by atoms with Crippen LogP contribution < -0.4 is 10.6 Å². The van der Waals surface area contributed by atoms with E-state index in [1.54, 1.807) is 0 Å². The molecule has 2 amide bonds. The van der Waals surface area contributed by atoms with Gasteiger partial charge in [0, 0.05) is 19.0 Å². The average molecular weight is 477 g/mol. The number of fused-ring (bicyclic) bond motifs is 3. The molecule has 0 heterocycles. The lowest BCUT2D eigenvalue weighted by molar-refractivity contribution is -0.139. The molecule has 0 bridgehead atoms. The molecule has 2 saturated carbocycles. The minimum Gasteiger partial charge on any atom is -0.481 e. The Morgan fingerprint density at radius 3 is 2.14 bits per heavy atom. The Morgan fingerprint density at radius 1 is 0.914 bits per heavy atom. The molecule has 0 saturated heterocycles. The summed E-state index contributed by atoms with van der Waals surface area (Å²) < 4.78 is 5.66. The Kier molecular flexibility index (Phi) is 6.50. The first-order valence-electron chi connectivity index (χ1n) is 12.6. The zero-order chi connectivity index (χ0) is 24.4. The van der Waals surface area contributed by atoms with E-state index in [1.807, 2.05) is 24.3 Å². The summed E-state index contributed by atoms with van der Waals surface area (Å²) in [5, 5.41) is 14.9. The standard InChI is InChI=1S/C28H32N2O5/c31-25(32)23-14-18(23)15-29-26(33)28(12-6-1-7-13-28)17-30-27(34)35-16-24-21-10-4-2-8-19(21)20-9-3-5-11-22(20)24/h2-5,8-11,18,23-24H,1,6-7,12-17H2,(H,29,33)(H,30,34)(H,31,32)/t18-,23-/m1/s1. The molecule has 0 aliphatic heterocycles. The third kappa shape index (κ3) is 4.77. The van der Waals surface area contributed by atoms with Crippen molar-refractivity contribution in [2.45, 2.75) is 44.4 Å².